The molecule has 2 nitrogen and oxygen atoms in total. The highest BCUT2D eigenvalue weighted by molar-refractivity contribution is 5.70. The predicted molar refractivity (Wildman–Crippen MR) is 39.0 cm³/mol. The molecule has 0 aromatic heterocycles. The van der Waals surface area contributed by atoms with Gasteiger partial charge in [-0.05, 0) is 6.08 Å². The Labute approximate surface area is 68.2 Å². The molecule has 1 aliphatic rings. The number of aliphatic carboxylic acids is 1. The lowest BCUT2D eigenvalue weighted by Crippen LogP contribution is -2.16. The number of carboxylic acid groups (broad SMARTS) is 1. The monoisotopic (exact) mass is 174 g/mol. The molecule has 0 fully saturated rings. The molecule has 0 saturated heterocycles. The van der Waals surface area contributed by atoms with E-state index in [0.29, 0.717) is 0 Å². The van der Waals surface area contributed by atoms with E-state index in [1.807, 2.05) is 0 Å². The molecule has 0 unspecified atom stereocenters. The Morgan fingerprint density at radius 1 is 1.67 bits per heavy atom. The summed E-state index contributed by atoms with van der Waals surface area (Å²) in [6.07, 6.45) is 2.61. The van der Waals surface area contributed by atoms with Gasteiger partial charge in [-0.25, -0.2) is 8.78 Å². The van der Waals surface area contributed by atoms with E-state index in [2.05, 4.69) is 0 Å². The fourth-order valence-corrected chi connectivity index (χ4v) is 1.06. The van der Waals surface area contributed by atoms with E-state index in [9.17, 15) is 13.6 Å². The zero-order valence-electron chi connectivity index (χ0n) is 6.26. The maximum Gasteiger partial charge on any atom is 0.307 e. The van der Waals surface area contributed by atoms with Crippen LogP contribution in [0.25, 0.3) is 0 Å². The van der Waals surface area contributed by atoms with Crippen molar-refractivity contribution in [3.8, 4) is 0 Å². The topological polar surface area (TPSA) is 37.3 Å². The van der Waals surface area contributed by atoms with Crippen LogP contribution >= 0.6 is 0 Å². The lowest BCUT2D eigenvalue weighted by molar-refractivity contribution is -0.136. The quantitative estimate of drug-likeness (QED) is 0.695. The second kappa shape index (κ2) is 3.05. The van der Waals surface area contributed by atoms with E-state index < -0.39 is 18.3 Å². The smallest absolute Gasteiger partial charge is 0.307 e. The van der Waals surface area contributed by atoms with Crippen LogP contribution < -0.4 is 0 Å². The van der Waals surface area contributed by atoms with Gasteiger partial charge in [0.2, 0.25) is 0 Å². The molecule has 1 N–H and O–H groups in total. The van der Waals surface area contributed by atoms with Gasteiger partial charge >= 0.3 is 5.97 Å². The summed E-state index contributed by atoms with van der Waals surface area (Å²) in [5.74, 6) is -3.95. The Morgan fingerprint density at radius 3 is 2.83 bits per heavy atom. The highest BCUT2D eigenvalue weighted by atomic mass is 19.3. The molecule has 4 heteroatoms. The molecule has 66 valence electrons. The van der Waals surface area contributed by atoms with Gasteiger partial charge in [-0.15, -0.1) is 0 Å². The average Bonchev–Trinajstić information content (AvgIpc) is 1.82. The minimum Gasteiger partial charge on any atom is -0.481 e. The van der Waals surface area contributed by atoms with Crippen LogP contribution in [0.4, 0.5) is 8.78 Å². The summed E-state index contributed by atoms with van der Waals surface area (Å²) in [5.41, 5.74) is 0.259. The summed E-state index contributed by atoms with van der Waals surface area (Å²) in [5, 5.41) is 8.33. The molecular weight excluding hydrogens is 166 g/mol. The summed E-state index contributed by atoms with van der Waals surface area (Å²) in [4.78, 5) is 10.2. The van der Waals surface area contributed by atoms with E-state index >= 15 is 0 Å². The van der Waals surface area contributed by atoms with Gasteiger partial charge in [0, 0.05) is 6.42 Å². The molecule has 0 spiro atoms. The molecule has 0 aliphatic heterocycles. The molecule has 0 radical (unpaired) electrons. The van der Waals surface area contributed by atoms with Gasteiger partial charge in [0.25, 0.3) is 5.92 Å². The van der Waals surface area contributed by atoms with Gasteiger partial charge in [0.15, 0.2) is 0 Å². The van der Waals surface area contributed by atoms with Crippen molar-refractivity contribution in [3.05, 3.63) is 23.8 Å². The van der Waals surface area contributed by atoms with Crippen LogP contribution in [0.5, 0.6) is 0 Å². The largest absolute Gasteiger partial charge is 0.481 e. The molecule has 0 bridgehead atoms. The van der Waals surface area contributed by atoms with Crippen molar-refractivity contribution in [1.29, 1.82) is 0 Å². The van der Waals surface area contributed by atoms with Crippen molar-refractivity contribution < 1.29 is 18.7 Å². The number of alkyl halides is 2. The van der Waals surface area contributed by atoms with Crippen LogP contribution in [0.3, 0.4) is 0 Å². The predicted octanol–water partition coefficient (Wildman–Crippen LogP) is 1.98. The molecule has 0 amide bonds. The summed E-state index contributed by atoms with van der Waals surface area (Å²) < 4.78 is 25.2. The first-order chi connectivity index (χ1) is 5.49. The second-order valence-electron chi connectivity index (χ2n) is 2.69. The Hall–Kier alpha value is -1.19. The van der Waals surface area contributed by atoms with Crippen LogP contribution in [0.2, 0.25) is 0 Å². The van der Waals surface area contributed by atoms with Crippen molar-refractivity contribution in [3.63, 3.8) is 0 Å². The van der Waals surface area contributed by atoms with Gasteiger partial charge in [-0.1, -0.05) is 17.7 Å². The van der Waals surface area contributed by atoms with Gasteiger partial charge in [0.1, 0.15) is 0 Å². The van der Waals surface area contributed by atoms with E-state index in [1.54, 1.807) is 0 Å². The maximum absolute atomic E-state index is 12.6. The Balaban J connectivity index is 2.64. The highest BCUT2D eigenvalue weighted by Crippen LogP contribution is 2.29. The molecule has 0 aromatic rings. The third-order valence-electron chi connectivity index (χ3n) is 1.51. The number of hydrogen-bond acceptors (Lipinski definition) is 1. The normalized spacial score (nSPS) is 20.3. The van der Waals surface area contributed by atoms with Crippen molar-refractivity contribution in [1.82, 2.24) is 0 Å². The number of hydrogen-bond donors (Lipinski definition) is 1. The van der Waals surface area contributed by atoms with Crippen molar-refractivity contribution >= 4 is 5.97 Å². The zero-order chi connectivity index (χ0) is 9.19. The van der Waals surface area contributed by atoms with Gasteiger partial charge < -0.3 is 5.11 Å². The van der Waals surface area contributed by atoms with Gasteiger partial charge in [-0.2, -0.15) is 0 Å². The minimum atomic E-state index is -2.88. The maximum atomic E-state index is 12.6. The number of allylic oxidation sites excluding steroid dienone is 3. The number of halogens is 2. The number of carbonyl (C=O) groups is 1. The Morgan fingerprint density at radius 2 is 2.33 bits per heavy atom. The summed E-state index contributed by atoms with van der Waals surface area (Å²) in [7, 11) is 0. The molecule has 12 heavy (non-hydrogen) atoms. The zero-order valence-corrected chi connectivity index (χ0v) is 6.26. The molecule has 1 rings (SSSR count). The number of rotatable bonds is 2. The fraction of sp³-hybridized carbons (Fsp3) is 0.375. The van der Waals surface area contributed by atoms with E-state index in [1.165, 1.54) is 12.2 Å². The molecule has 0 saturated carbocycles. The summed E-state index contributed by atoms with van der Waals surface area (Å²) in [6.45, 7) is 0. The first-order valence-electron chi connectivity index (χ1n) is 3.46. The lowest BCUT2D eigenvalue weighted by Gasteiger charge is -2.16. The minimum absolute atomic E-state index is 0.259. The highest BCUT2D eigenvalue weighted by Gasteiger charge is 2.28. The van der Waals surface area contributed by atoms with Crippen LogP contribution in [-0.2, 0) is 4.79 Å². The molecule has 1 aliphatic carbocycles. The average molecular weight is 174 g/mol. The summed E-state index contributed by atoms with van der Waals surface area (Å²) >= 11 is 0. The molecule has 0 atom stereocenters. The Kier molecular flexibility index (Phi) is 2.26. The fourth-order valence-electron chi connectivity index (χ4n) is 1.06. The molecular formula is C8H8F2O2. The number of carboxylic acids is 1. The van der Waals surface area contributed by atoms with E-state index in [4.69, 9.17) is 5.11 Å². The standard InChI is InChI=1S/C8H8F2O2/c9-8(10)3-1-2-6(5-8)4-7(11)12/h1-3H,4-5H2,(H,11,12). The van der Waals surface area contributed by atoms with Crippen LogP contribution in [0.1, 0.15) is 12.8 Å². The molecule has 0 aromatic carbocycles. The molecule has 0 heterocycles. The summed E-state index contributed by atoms with van der Waals surface area (Å²) in [6, 6.07) is 0. The van der Waals surface area contributed by atoms with Crippen LogP contribution in [-0.4, -0.2) is 17.0 Å². The van der Waals surface area contributed by atoms with Gasteiger partial charge in [-0.3, -0.25) is 4.79 Å². The van der Waals surface area contributed by atoms with Crippen LogP contribution in [0.15, 0.2) is 23.8 Å². The van der Waals surface area contributed by atoms with E-state index in [-0.39, 0.29) is 12.0 Å². The van der Waals surface area contributed by atoms with Crippen molar-refractivity contribution in [2.24, 2.45) is 0 Å². The first-order valence-corrected chi connectivity index (χ1v) is 3.46. The van der Waals surface area contributed by atoms with Crippen LogP contribution in [0, 0.1) is 0 Å². The lowest BCUT2D eigenvalue weighted by atomic mass is 9.99. The second-order valence-corrected chi connectivity index (χ2v) is 2.69. The first kappa shape index (κ1) is 8.90. The van der Waals surface area contributed by atoms with Crippen molar-refractivity contribution in [2.45, 2.75) is 18.8 Å². The SMILES string of the molecule is O=C(O)CC1=CC=CC(F)(F)C1. The Bertz CT molecular complexity index is 254. The third kappa shape index (κ3) is 2.45. The van der Waals surface area contributed by atoms with Crippen molar-refractivity contribution in [2.75, 3.05) is 0 Å². The third-order valence-corrected chi connectivity index (χ3v) is 1.51. The van der Waals surface area contributed by atoms with Gasteiger partial charge in [0.05, 0.1) is 6.42 Å². The van der Waals surface area contributed by atoms with E-state index in [0.717, 1.165) is 6.08 Å².